The van der Waals surface area contributed by atoms with E-state index in [-0.39, 0.29) is 11.8 Å². The van der Waals surface area contributed by atoms with Crippen molar-refractivity contribution in [3.05, 3.63) is 65.7 Å². The highest BCUT2D eigenvalue weighted by molar-refractivity contribution is 6.04. The average molecular weight is 209 g/mol. The van der Waals surface area contributed by atoms with Crippen molar-refractivity contribution in [1.29, 1.82) is 0 Å². The van der Waals surface area contributed by atoms with Gasteiger partial charge in [0.15, 0.2) is 0 Å². The van der Waals surface area contributed by atoms with Gasteiger partial charge in [0.1, 0.15) is 0 Å². The average Bonchev–Trinajstić information content (AvgIpc) is 2.66. The summed E-state index contributed by atoms with van der Waals surface area (Å²) in [6, 6.07) is 17.7. The smallest absolute Gasteiger partial charge is 0.236 e. The third kappa shape index (κ3) is 1.31. The Morgan fingerprint density at radius 1 is 0.875 bits per heavy atom. The summed E-state index contributed by atoms with van der Waals surface area (Å²) in [4.78, 5) is 11.9. The molecule has 0 saturated carbocycles. The molecule has 2 heteroatoms. The Labute approximate surface area is 93.9 Å². The Morgan fingerprint density at radius 3 is 2.38 bits per heavy atom. The Bertz CT molecular complexity index is 533. The maximum Gasteiger partial charge on any atom is 0.236 e. The van der Waals surface area contributed by atoms with Crippen LogP contribution in [0.25, 0.3) is 0 Å². The molecule has 0 saturated heterocycles. The fourth-order valence-electron chi connectivity index (χ4n) is 2.19. The number of carbonyl (C=O) groups excluding carboxylic acids is 1. The first-order valence-electron chi connectivity index (χ1n) is 5.31. The second kappa shape index (κ2) is 3.49. The van der Waals surface area contributed by atoms with E-state index in [1.54, 1.807) is 0 Å². The number of anilines is 1. The van der Waals surface area contributed by atoms with Gasteiger partial charge in [0.25, 0.3) is 0 Å². The molecule has 0 aliphatic carbocycles. The lowest BCUT2D eigenvalue weighted by Gasteiger charge is -2.08. The molecule has 1 aliphatic heterocycles. The van der Waals surface area contributed by atoms with Crippen molar-refractivity contribution >= 4 is 11.6 Å². The van der Waals surface area contributed by atoms with Crippen molar-refractivity contribution in [2.24, 2.45) is 0 Å². The molecule has 0 bridgehead atoms. The van der Waals surface area contributed by atoms with Gasteiger partial charge in [-0.3, -0.25) is 4.79 Å². The number of benzene rings is 2. The van der Waals surface area contributed by atoms with Gasteiger partial charge in [-0.15, -0.1) is 0 Å². The predicted molar refractivity (Wildman–Crippen MR) is 63.4 cm³/mol. The number of fused-ring (bicyclic) bond motifs is 1. The third-order valence-corrected chi connectivity index (χ3v) is 2.92. The number of para-hydroxylation sites is 1. The molecular weight excluding hydrogens is 198 g/mol. The second-order valence-electron chi connectivity index (χ2n) is 3.92. The van der Waals surface area contributed by atoms with E-state index in [1.165, 1.54) is 0 Å². The molecule has 78 valence electrons. The van der Waals surface area contributed by atoms with Gasteiger partial charge in [-0.1, -0.05) is 48.5 Å². The van der Waals surface area contributed by atoms with Crippen molar-refractivity contribution in [2.45, 2.75) is 5.92 Å². The lowest BCUT2D eigenvalue weighted by molar-refractivity contribution is -0.116. The summed E-state index contributed by atoms with van der Waals surface area (Å²) in [6.45, 7) is 0. The van der Waals surface area contributed by atoms with Crippen molar-refractivity contribution in [1.82, 2.24) is 0 Å². The molecule has 1 atom stereocenters. The van der Waals surface area contributed by atoms with Crippen LogP contribution in [-0.4, -0.2) is 5.91 Å². The van der Waals surface area contributed by atoms with E-state index in [1.807, 2.05) is 54.6 Å². The number of hydrogen-bond donors (Lipinski definition) is 1. The molecule has 0 unspecified atom stereocenters. The van der Waals surface area contributed by atoms with Gasteiger partial charge < -0.3 is 5.32 Å². The molecule has 2 aromatic carbocycles. The van der Waals surface area contributed by atoms with Gasteiger partial charge in [-0.25, -0.2) is 0 Å². The van der Waals surface area contributed by atoms with Crippen LogP contribution in [-0.2, 0) is 4.79 Å². The number of hydrogen-bond acceptors (Lipinski definition) is 1. The van der Waals surface area contributed by atoms with Crippen LogP contribution in [0.15, 0.2) is 54.6 Å². The maximum absolute atomic E-state index is 11.9. The van der Waals surface area contributed by atoms with E-state index in [0.717, 1.165) is 16.8 Å². The van der Waals surface area contributed by atoms with Crippen LogP contribution >= 0.6 is 0 Å². The lowest BCUT2D eigenvalue weighted by atomic mass is 9.93. The van der Waals surface area contributed by atoms with E-state index >= 15 is 0 Å². The molecule has 0 radical (unpaired) electrons. The summed E-state index contributed by atoms with van der Waals surface area (Å²) in [6.07, 6.45) is 0. The molecule has 1 heterocycles. The first-order chi connectivity index (χ1) is 7.86. The summed E-state index contributed by atoms with van der Waals surface area (Å²) in [5.74, 6) is -0.0928. The Kier molecular flexibility index (Phi) is 2.00. The molecule has 0 fully saturated rings. The zero-order valence-electron chi connectivity index (χ0n) is 8.68. The van der Waals surface area contributed by atoms with Crippen LogP contribution in [0, 0.1) is 0 Å². The molecule has 2 aromatic rings. The Hall–Kier alpha value is -2.09. The second-order valence-corrected chi connectivity index (χ2v) is 3.92. The fourth-order valence-corrected chi connectivity index (χ4v) is 2.19. The van der Waals surface area contributed by atoms with Crippen molar-refractivity contribution in [3.63, 3.8) is 0 Å². The predicted octanol–water partition coefficient (Wildman–Crippen LogP) is 2.77. The minimum Gasteiger partial charge on any atom is -0.325 e. The lowest BCUT2D eigenvalue weighted by Crippen LogP contribution is -2.12. The van der Waals surface area contributed by atoms with Gasteiger partial charge in [0, 0.05) is 5.69 Å². The normalized spacial score (nSPS) is 18.0. The van der Waals surface area contributed by atoms with Crippen molar-refractivity contribution in [2.75, 3.05) is 5.32 Å². The van der Waals surface area contributed by atoms with Crippen LogP contribution in [0.1, 0.15) is 17.0 Å². The van der Waals surface area contributed by atoms with Gasteiger partial charge in [-0.2, -0.15) is 0 Å². The highest BCUT2D eigenvalue weighted by atomic mass is 16.2. The summed E-state index contributed by atoms with van der Waals surface area (Å²) in [5, 5.41) is 2.91. The highest BCUT2D eigenvalue weighted by Gasteiger charge is 2.30. The number of nitrogens with one attached hydrogen (secondary N) is 1. The molecule has 3 rings (SSSR count). The minimum absolute atomic E-state index is 0.0624. The standard InChI is InChI=1S/C14H11NO/c16-14-13(10-6-2-1-3-7-10)11-8-4-5-9-12(11)15-14/h1-9,13H,(H,15,16)/t13-/m1/s1. The monoisotopic (exact) mass is 209 g/mol. The number of rotatable bonds is 1. The molecule has 16 heavy (non-hydrogen) atoms. The fraction of sp³-hybridized carbons (Fsp3) is 0.0714. The highest BCUT2D eigenvalue weighted by Crippen LogP contribution is 2.36. The van der Waals surface area contributed by atoms with Gasteiger partial charge >= 0.3 is 0 Å². The Morgan fingerprint density at radius 2 is 1.56 bits per heavy atom. The quantitative estimate of drug-likeness (QED) is 0.768. The molecule has 1 amide bonds. The van der Waals surface area contributed by atoms with Gasteiger partial charge in [0.2, 0.25) is 5.91 Å². The molecule has 1 aliphatic rings. The zero-order chi connectivity index (χ0) is 11.0. The summed E-state index contributed by atoms with van der Waals surface area (Å²) >= 11 is 0. The third-order valence-electron chi connectivity index (χ3n) is 2.92. The molecule has 0 aromatic heterocycles. The van der Waals surface area contributed by atoms with E-state index in [2.05, 4.69) is 5.32 Å². The van der Waals surface area contributed by atoms with E-state index in [4.69, 9.17) is 0 Å². The molecule has 0 spiro atoms. The van der Waals surface area contributed by atoms with E-state index < -0.39 is 0 Å². The van der Waals surface area contributed by atoms with Crippen LogP contribution < -0.4 is 5.32 Å². The van der Waals surface area contributed by atoms with Crippen LogP contribution in [0.5, 0.6) is 0 Å². The largest absolute Gasteiger partial charge is 0.325 e. The summed E-state index contributed by atoms with van der Waals surface area (Å²) < 4.78 is 0. The van der Waals surface area contributed by atoms with Crippen LogP contribution in [0.3, 0.4) is 0 Å². The molecule has 2 nitrogen and oxygen atoms in total. The van der Waals surface area contributed by atoms with E-state index in [9.17, 15) is 4.79 Å². The topological polar surface area (TPSA) is 29.1 Å². The SMILES string of the molecule is O=C1Nc2ccccc2[C@H]1c1ccccc1. The Balaban J connectivity index is 2.13. The number of amides is 1. The molecular formula is C14H11NO. The summed E-state index contributed by atoms with van der Waals surface area (Å²) in [5.41, 5.74) is 3.05. The maximum atomic E-state index is 11.9. The van der Waals surface area contributed by atoms with Crippen molar-refractivity contribution in [3.8, 4) is 0 Å². The molecule has 1 N–H and O–H groups in total. The van der Waals surface area contributed by atoms with E-state index in [0.29, 0.717) is 0 Å². The van der Waals surface area contributed by atoms with Crippen molar-refractivity contribution < 1.29 is 4.79 Å². The van der Waals surface area contributed by atoms with Crippen LogP contribution in [0.4, 0.5) is 5.69 Å². The first kappa shape index (κ1) is 9.16. The number of carbonyl (C=O) groups is 1. The van der Waals surface area contributed by atoms with Crippen LogP contribution in [0.2, 0.25) is 0 Å². The minimum atomic E-state index is -0.155. The first-order valence-corrected chi connectivity index (χ1v) is 5.31. The summed E-state index contributed by atoms with van der Waals surface area (Å²) in [7, 11) is 0. The van der Waals surface area contributed by atoms with Gasteiger partial charge in [0.05, 0.1) is 5.92 Å². The zero-order valence-corrected chi connectivity index (χ0v) is 8.68. The van der Waals surface area contributed by atoms with Gasteiger partial charge in [-0.05, 0) is 17.2 Å².